The van der Waals surface area contributed by atoms with E-state index in [9.17, 15) is 17.8 Å². The highest BCUT2D eigenvalue weighted by atomic mass is 32.2. The lowest BCUT2D eigenvalue weighted by atomic mass is 9.95. The standard InChI is InChI=1S/C26H31N2O8PS3/c1-15-10-18(35-14-37(30,31)32)11-16(2)22(15)17-8-7-9-19(12-17)40(33,34)21-13-20(39-24(21)38-6)23(27)28-25(29)36-26(3,4)5/h7-13H,14H2,1-6H3,(H2,27,28,29)(H2,30,31,32). The van der Waals surface area contributed by atoms with Crippen LogP contribution in [0.3, 0.4) is 0 Å². The van der Waals surface area contributed by atoms with E-state index in [0.29, 0.717) is 20.4 Å². The van der Waals surface area contributed by atoms with Gasteiger partial charge < -0.3 is 25.0 Å². The Kier molecular flexibility index (Phi) is 9.60. The molecule has 0 radical (unpaired) electrons. The molecule has 10 nitrogen and oxygen atoms in total. The average Bonchev–Trinajstić information content (AvgIpc) is 3.27. The van der Waals surface area contributed by atoms with Gasteiger partial charge >= 0.3 is 13.7 Å². The Morgan fingerprint density at radius 3 is 2.30 bits per heavy atom. The molecule has 1 amide bonds. The zero-order valence-electron chi connectivity index (χ0n) is 22.8. The summed E-state index contributed by atoms with van der Waals surface area (Å²) >= 11 is 2.35. The van der Waals surface area contributed by atoms with Crippen molar-refractivity contribution in [3.05, 3.63) is 58.5 Å². The molecule has 2 aromatic carbocycles. The van der Waals surface area contributed by atoms with Crippen LogP contribution in [0.15, 0.2) is 61.5 Å². The van der Waals surface area contributed by atoms with Gasteiger partial charge in [-0.2, -0.15) is 4.99 Å². The molecular formula is C26H31N2O8PS3. The van der Waals surface area contributed by atoms with Gasteiger partial charge in [-0.05, 0) is 93.5 Å². The number of hydrogen-bond donors (Lipinski definition) is 3. The fourth-order valence-electron chi connectivity index (χ4n) is 3.82. The zero-order chi connectivity index (χ0) is 30.0. The molecule has 1 aromatic heterocycles. The second kappa shape index (κ2) is 12.1. The lowest BCUT2D eigenvalue weighted by molar-refractivity contribution is 0.0604. The lowest BCUT2D eigenvalue weighted by Gasteiger charge is -2.17. The van der Waals surface area contributed by atoms with Crippen LogP contribution in [-0.2, 0) is 19.1 Å². The van der Waals surface area contributed by atoms with Crippen molar-refractivity contribution in [1.29, 1.82) is 0 Å². The van der Waals surface area contributed by atoms with Gasteiger partial charge in [0.1, 0.15) is 17.2 Å². The molecule has 0 aliphatic carbocycles. The molecule has 0 saturated heterocycles. The minimum Gasteiger partial charge on any atom is -0.481 e. The largest absolute Gasteiger partial charge is 0.481 e. The molecule has 0 fully saturated rings. The monoisotopic (exact) mass is 626 g/mol. The summed E-state index contributed by atoms with van der Waals surface area (Å²) in [5.41, 5.74) is 8.16. The number of hydrogen-bond acceptors (Lipinski definition) is 8. The molecule has 14 heteroatoms. The molecule has 216 valence electrons. The number of nitrogens with zero attached hydrogens (tertiary/aromatic N) is 1. The number of thiophene rings is 1. The molecule has 3 rings (SSSR count). The van der Waals surface area contributed by atoms with Crippen LogP contribution in [-0.4, -0.2) is 48.3 Å². The Morgan fingerprint density at radius 2 is 1.75 bits per heavy atom. The molecule has 3 aromatic rings. The summed E-state index contributed by atoms with van der Waals surface area (Å²) in [5.74, 6) is 0.156. The van der Waals surface area contributed by atoms with Gasteiger partial charge in [0.2, 0.25) is 9.84 Å². The van der Waals surface area contributed by atoms with E-state index < -0.39 is 35.5 Å². The molecule has 0 bridgehead atoms. The summed E-state index contributed by atoms with van der Waals surface area (Å²) in [6.07, 6.45) is 0.131. The zero-order valence-corrected chi connectivity index (χ0v) is 26.1. The summed E-state index contributed by atoms with van der Waals surface area (Å²) in [5, 5.41) is 0. The third kappa shape index (κ3) is 7.96. The highest BCUT2D eigenvalue weighted by molar-refractivity contribution is 8.01. The Hall–Kier alpha value is -2.67. The van der Waals surface area contributed by atoms with E-state index in [1.54, 1.807) is 71.2 Å². The fraction of sp³-hybridized carbons (Fsp3) is 0.308. The molecule has 40 heavy (non-hydrogen) atoms. The van der Waals surface area contributed by atoms with E-state index in [1.807, 2.05) is 0 Å². The number of rotatable bonds is 8. The SMILES string of the molecule is CSc1sc(/C(N)=N\C(=O)OC(C)(C)C)cc1S(=O)(=O)c1cccc(-c2c(C)cc(OCP(=O)(O)O)cc2C)c1. The van der Waals surface area contributed by atoms with Crippen molar-refractivity contribution in [3.63, 3.8) is 0 Å². The summed E-state index contributed by atoms with van der Waals surface area (Å²) in [7, 11) is -8.33. The van der Waals surface area contributed by atoms with Crippen LogP contribution in [0.5, 0.6) is 5.75 Å². The van der Waals surface area contributed by atoms with E-state index in [4.69, 9.17) is 25.0 Å². The minimum atomic E-state index is -4.34. The van der Waals surface area contributed by atoms with Gasteiger partial charge in [0.25, 0.3) is 0 Å². The maximum absolute atomic E-state index is 13.8. The predicted octanol–water partition coefficient (Wildman–Crippen LogP) is 5.74. The highest BCUT2D eigenvalue weighted by Gasteiger charge is 2.26. The van der Waals surface area contributed by atoms with Crippen LogP contribution in [0.25, 0.3) is 11.1 Å². The Morgan fingerprint density at radius 1 is 1.12 bits per heavy atom. The van der Waals surface area contributed by atoms with Crippen LogP contribution in [0.2, 0.25) is 0 Å². The van der Waals surface area contributed by atoms with Crippen LogP contribution < -0.4 is 10.5 Å². The van der Waals surface area contributed by atoms with E-state index in [2.05, 4.69) is 4.99 Å². The molecule has 4 N–H and O–H groups in total. The Balaban J connectivity index is 1.99. The number of ether oxygens (including phenoxy) is 2. The van der Waals surface area contributed by atoms with Crippen LogP contribution in [0.1, 0.15) is 36.8 Å². The number of carbonyl (C=O) groups is 1. The molecule has 0 spiro atoms. The Bertz CT molecular complexity index is 1600. The van der Waals surface area contributed by atoms with Crippen molar-refractivity contribution < 1.29 is 37.0 Å². The summed E-state index contributed by atoms with van der Waals surface area (Å²) in [6, 6.07) is 11.2. The molecule has 0 saturated carbocycles. The third-order valence-electron chi connectivity index (χ3n) is 5.34. The molecule has 0 aliphatic heterocycles. The number of amidine groups is 1. The van der Waals surface area contributed by atoms with Crippen molar-refractivity contribution in [2.24, 2.45) is 10.7 Å². The van der Waals surface area contributed by atoms with E-state index in [-0.39, 0.29) is 15.6 Å². The smallest absolute Gasteiger partial charge is 0.436 e. The molecular weight excluding hydrogens is 595 g/mol. The van der Waals surface area contributed by atoms with Gasteiger partial charge in [-0.3, -0.25) is 4.57 Å². The predicted molar refractivity (Wildman–Crippen MR) is 157 cm³/mol. The number of aliphatic imine (C=N–C) groups is 1. The number of aryl methyl sites for hydroxylation is 2. The van der Waals surface area contributed by atoms with E-state index in [1.165, 1.54) is 23.9 Å². The number of carbonyl (C=O) groups excluding carboxylic acids is 1. The first kappa shape index (κ1) is 31.9. The van der Waals surface area contributed by atoms with Gasteiger partial charge in [0.15, 0.2) is 6.35 Å². The summed E-state index contributed by atoms with van der Waals surface area (Å²) < 4.78 is 49.6. The van der Waals surface area contributed by atoms with Crippen LogP contribution in [0, 0.1) is 13.8 Å². The van der Waals surface area contributed by atoms with Crippen molar-refractivity contribution in [2.75, 3.05) is 12.6 Å². The van der Waals surface area contributed by atoms with Crippen molar-refractivity contribution >= 4 is 52.5 Å². The number of nitrogens with two attached hydrogens (primary N) is 1. The lowest BCUT2D eigenvalue weighted by Crippen LogP contribution is -2.24. The first-order valence-electron chi connectivity index (χ1n) is 11.8. The number of amides is 1. The molecule has 0 aliphatic rings. The normalized spacial score (nSPS) is 12.8. The van der Waals surface area contributed by atoms with Crippen LogP contribution in [0.4, 0.5) is 4.79 Å². The van der Waals surface area contributed by atoms with Crippen molar-refractivity contribution in [3.8, 4) is 16.9 Å². The average molecular weight is 627 g/mol. The number of sulfone groups is 1. The summed E-state index contributed by atoms with van der Waals surface area (Å²) in [4.78, 5) is 34.5. The maximum Gasteiger partial charge on any atom is 0.436 e. The maximum atomic E-state index is 13.8. The second-order valence-electron chi connectivity index (χ2n) is 9.85. The molecule has 1 heterocycles. The summed E-state index contributed by atoms with van der Waals surface area (Å²) in [6.45, 7) is 8.70. The van der Waals surface area contributed by atoms with Gasteiger partial charge in [0, 0.05) is 0 Å². The van der Waals surface area contributed by atoms with Gasteiger partial charge in [0.05, 0.1) is 18.9 Å². The number of thioether (sulfide) groups is 1. The second-order valence-corrected chi connectivity index (χ2v) is 15.5. The minimum absolute atomic E-state index is 0.0501. The first-order valence-corrected chi connectivity index (χ1v) is 17.1. The van der Waals surface area contributed by atoms with Crippen molar-refractivity contribution in [2.45, 2.75) is 54.2 Å². The van der Waals surface area contributed by atoms with E-state index in [0.717, 1.165) is 28.0 Å². The quantitative estimate of drug-likeness (QED) is 0.121. The van der Waals surface area contributed by atoms with Crippen molar-refractivity contribution in [1.82, 2.24) is 0 Å². The molecule has 0 unspecified atom stereocenters. The van der Waals surface area contributed by atoms with E-state index >= 15 is 0 Å². The van der Waals surface area contributed by atoms with Gasteiger partial charge in [-0.25, -0.2) is 13.2 Å². The van der Waals surface area contributed by atoms with Gasteiger partial charge in [-0.1, -0.05) is 12.1 Å². The fourth-order valence-corrected chi connectivity index (χ4v) is 8.08. The Labute approximate surface area is 241 Å². The first-order chi connectivity index (χ1) is 18.4. The topological polar surface area (TPSA) is 166 Å². The molecule has 0 atom stereocenters. The van der Waals surface area contributed by atoms with Crippen LogP contribution >= 0.6 is 30.7 Å². The highest BCUT2D eigenvalue weighted by Crippen LogP contribution is 2.39. The number of benzene rings is 2. The third-order valence-corrected chi connectivity index (χ3v) is 10.1. The van der Waals surface area contributed by atoms with Gasteiger partial charge in [-0.15, -0.1) is 23.1 Å².